The highest BCUT2D eigenvalue weighted by molar-refractivity contribution is 5.77. The van der Waals surface area contributed by atoms with Gasteiger partial charge in [-0.1, -0.05) is 0 Å². The number of rotatable bonds is 1. The van der Waals surface area contributed by atoms with Crippen LogP contribution in [-0.4, -0.2) is 23.2 Å². The molecule has 1 fully saturated rings. The molecule has 1 aromatic heterocycles. The summed E-state index contributed by atoms with van der Waals surface area (Å²) in [6.07, 6.45) is 1.65. The van der Waals surface area contributed by atoms with Crippen molar-refractivity contribution in [2.75, 3.05) is 13.2 Å². The zero-order chi connectivity index (χ0) is 12.8. The maximum absolute atomic E-state index is 6.45. The molecule has 4 heteroatoms. The number of imidazole rings is 1. The normalized spacial score (nSPS) is 19.3. The zero-order valence-electron chi connectivity index (χ0n) is 10.9. The van der Waals surface area contributed by atoms with Gasteiger partial charge in [0.15, 0.2) is 0 Å². The van der Waals surface area contributed by atoms with Crippen LogP contribution in [0.4, 0.5) is 0 Å². The number of hydrogen-bond donors (Lipinski definition) is 2. The van der Waals surface area contributed by atoms with E-state index >= 15 is 0 Å². The van der Waals surface area contributed by atoms with Crippen molar-refractivity contribution in [3.8, 4) is 0 Å². The Bertz CT molecular complexity index is 543. The minimum atomic E-state index is -0.362. The number of benzene rings is 1. The number of nitrogens with zero attached hydrogens (tertiary/aromatic N) is 1. The van der Waals surface area contributed by atoms with Crippen molar-refractivity contribution in [3.05, 3.63) is 29.1 Å². The van der Waals surface area contributed by atoms with Gasteiger partial charge < -0.3 is 15.5 Å². The van der Waals surface area contributed by atoms with Crippen LogP contribution in [0.3, 0.4) is 0 Å². The smallest absolute Gasteiger partial charge is 0.127 e. The van der Waals surface area contributed by atoms with Crippen molar-refractivity contribution in [2.24, 2.45) is 5.73 Å². The topological polar surface area (TPSA) is 63.9 Å². The first-order valence-corrected chi connectivity index (χ1v) is 6.43. The largest absolute Gasteiger partial charge is 0.381 e. The second kappa shape index (κ2) is 4.07. The number of fused-ring (bicyclic) bond motifs is 1. The minimum absolute atomic E-state index is 0.362. The van der Waals surface area contributed by atoms with Gasteiger partial charge in [-0.2, -0.15) is 0 Å². The highest BCUT2D eigenvalue weighted by Gasteiger charge is 2.33. The van der Waals surface area contributed by atoms with Gasteiger partial charge >= 0.3 is 0 Å². The number of H-pyrrole nitrogens is 1. The van der Waals surface area contributed by atoms with Crippen molar-refractivity contribution in [1.82, 2.24) is 9.97 Å². The number of aryl methyl sites for hydroxylation is 2. The Morgan fingerprint density at radius 1 is 1.22 bits per heavy atom. The van der Waals surface area contributed by atoms with Crippen molar-refractivity contribution < 1.29 is 4.74 Å². The predicted octanol–water partition coefficient (Wildman–Crippen LogP) is 2.14. The van der Waals surface area contributed by atoms with Crippen molar-refractivity contribution >= 4 is 11.0 Å². The van der Waals surface area contributed by atoms with E-state index < -0.39 is 0 Å². The summed E-state index contributed by atoms with van der Waals surface area (Å²) in [6.45, 7) is 5.65. The maximum Gasteiger partial charge on any atom is 0.127 e. The molecule has 2 aromatic rings. The van der Waals surface area contributed by atoms with Gasteiger partial charge in [0.25, 0.3) is 0 Å². The van der Waals surface area contributed by atoms with Crippen LogP contribution in [0.2, 0.25) is 0 Å². The van der Waals surface area contributed by atoms with E-state index in [1.165, 1.54) is 11.1 Å². The molecule has 2 heterocycles. The maximum atomic E-state index is 6.45. The second-order valence-electron chi connectivity index (χ2n) is 5.31. The van der Waals surface area contributed by atoms with E-state index in [0.717, 1.165) is 29.7 Å². The fourth-order valence-corrected chi connectivity index (χ4v) is 2.48. The minimum Gasteiger partial charge on any atom is -0.381 e. The monoisotopic (exact) mass is 245 g/mol. The summed E-state index contributed by atoms with van der Waals surface area (Å²) in [5.74, 6) is 0.894. The molecular weight excluding hydrogens is 226 g/mol. The van der Waals surface area contributed by atoms with Crippen molar-refractivity contribution in [1.29, 1.82) is 0 Å². The van der Waals surface area contributed by atoms with E-state index in [4.69, 9.17) is 10.5 Å². The molecule has 3 rings (SSSR count). The molecule has 1 saturated heterocycles. The first-order valence-electron chi connectivity index (χ1n) is 6.43. The van der Waals surface area contributed by atoms with E-state index in [1.54, 1.807) is 0 Å². The molecule has 96 valence electrons. The Balaban J connectivity index is 2.07. The summed E-state index contributed by atoms with van der Waals surface area (Å²) in [5.41, 5.74) is 10.7. The number of nitrogens with two attached hydrogens (primary N) is 1. The average molecular weight is 245 g/mol. The van der Waals surface area contributed by atoms with Gasteiger partial charge in [-0.25, -0.2) is 4.98 Å². The van der Waals surface area contributed by atoms with Crippen LogP contribution in [-0.2, 0) is 10.3 Å². The van der Waals surface area contributed by atoms with Crippen molar-refractivity contribution in [3.63, 3.8) is 0 Å². The summed E-state index contributed by atoms with van der Waals surface area (Å²) in [4.78, 5) is 8.06. The summed E-state index contributed by atoms with van der Waals surface area (Å²) in [6, 6.07) is 4.26. The molecule has 0 unspecified atom stereocenters. The molecular formula is C14H19N3O. The van der Waals surface area contributed by atoms with E-state index in [2.05, 4.69) is 35.9 Å². The Kier molecular flexibility index (Phi) is 2.64. The van der Waals surface area contributed by atoms with Gasteiger partial charge in [0.2, 0.25) is 0 Å². The Morgan fingerprint density at radius 3 is 2.61 bits per heavy atom. The lowest BCUT2D eigenvalue weighted by Crippen LogP contribution is -2.43. The Labute approximate surface area is 107 Å². The zero-order valence-corrected chi connectivity index (χ0v) is 10.9. The predicted molar refractivity (Wildman–Crippen MR) is 71.5 cm³/mol. The molecule has 0 atom stereocenters. The third kappa shape index (κ3) is 1.82. The summed E-state index contributed by atoms with van der Waals surface area (Å²) in [7, 11) is 0. The lowest BCUT2D eigenvalue weighted by molar-refractivity contribution is 0.0496. The summed E-state index contributed by atoms with van der Waals surface area (Å²) < 4.78 is 5.38. The Hall–Kier alpha value is -1.39. The van der Waals surface area contributed by atoms with E-state index in [-0.39, 0.29) is 5.54 Å². The molecule has 0 saturated carbocycles. The Morgan fingerprint density at radius 2 is 1.89 bits per heavy atom. The van der Waals surface area contributed by atoms with Crippen LogP contribution in [0.15, 0.2) is 12.1 Å². The number of nitrogens with one attached hydrogen (secondary N) is 1. The lowest BCUT2D eigenvalue weighted by Gasteiger charge is -2.31. The molecule has 1 aliphatic rings. The molecule has 0 aliphatic carbocycles. The van der Waals surface area contributed by atoms with Gasteiger partial charge in [-0.05, 0) is 49.9 Å². The number of hydrogen-bond acceptors (Lipinski definition) is 3. The van der Waals surface area contributed by atoms with Crippen LogP contribution >= 0.6 is 0 Å². The van der Waals surface area contributed by atoms with Gasteiger partial charge in [-0.3, -0.25) is 0 Å². The second-order valence-corrected chi connectivity index (χ2v) is 5.31. The van der Waals surface area contributed by atoms with Crippen LogP contribution in [0.5, 0.6) is 0 Å². The van der Waals surface area contributed by atoms with Gasteiger partial charge in [0.05, 0.1) is 16.6 Å². The quantitative estimate of drug-likeness (QED) is 0.809. The number of ether oxygens (including phenoxy) is 1. The molecule has 4 nitrogen and oxygen atoms in total. The lowest BCUT2D eigenvalue weighted by atomic mass is 9.91. The van der Waals surface area contributed by atoms with E-state index in [1.807, 2.05) is 0 Å². The first kappa shape index (κ1) is 11.7. The standard InChI is InChI=1S/C14H19N3O/c1-9-7-11-12(8-10(9)2)17-13(16-11)14(15)3-5-18-6-4-14/h7-8H,3-6,15H2,1-2H3,(H,16,17). The summed E-state index contributed by atoms with van der Waals surface area (Å²) >= 11 is 0. The highest BCUT2D eigenvalue weighted by atomic mass is 16.5. The van der Waals surface area contributed by atoms with Gasteiger partial charge in [0.1, 0.15) is 5.82 Å². The first-order chi connectivity index (χ1) is 8.58. The average Bonchev–Trinajstić information content (AvgIpc) is 2.74. The van der Waals surface area contributed by atoms with Crippen molar-refractivity contribution in [2.45, 2.75) is 32.2 Å². The molecule has 0 spiro atoms. The molecule has 0 amide bonds. The third-order valence-corrected chi connectivity index (χ3v) is 3.95. The van der Waals surface area contributed by atoms with E-state index in [0.29, 0.717) is 13.2 Å². The molecule has 3 N–H and O–H groups in total. The van der Waals surface area contributed by atoms with E-state index in [9.17, 15) is 0 Å². The fraction of sp³-hybridized carbons (Fsp3) is 0.500. The SMILES string of the molecule is Cc1cc2nc(C3(N)CCOCC3)[nH]c2cc1C. The van der Waals surface area contributed by atoms with Crippen LogP contribution in [0.25, 0.3) is 11.0 Å². The fourth-order valence-electron chi connectivity index (χ4n) is 2.48. The van der Waals surface area contributed by atoms with Crippen LogP contribution in [0, 0.1) is 13.8 Å². The molecule has 0 bridgehead atoms. The van der Waals surface area contributed by atoms with Crippen LogP contribution < -0.4 is 5.73 Å². The number of aromatic nitrogens is 2. The van der Waals surface area contributed by atoms with Gasteiger partial charge in [-0.15, -0.1) is 0 Å². The summed E-state index contributed by atoms with van der Waals surface area (Å²) in [5, 5.41) is 0. The molecule has 1 aliphatic heterocycles. The molecule has 1 aromatic carbocycles. The molecule has 0 radical (unpaired) electrons. The highest BCUT2D eigenvalue weighted by Crippen LogP contribution is 2.29. The third-order valence-electron chi connectivity index (χ3n) is 3.95. The van der Waals surface area contributed by atoms with Gasteiger partial charge in [0, 0.05) is 13.2 Å². The van der Waals surface area contributed by atoms with Crippen LogP contribution in [0.1, 0.15) is 29.8 Å². The molecule has 18 heavy (non-hydrogen) atoms. The number of aromatic amines is 1.